The fourth-order valence-corrected chi connectivity index (χ4v) is 1.22. The third-order valence-electron chi connectivity index (χ3n) is 0.391. The van der Waals surface area contributed by atoms with Crippen LogP contribution in [0.2, 0.25) is 0 Å². The Morgan fingerprint density at radius 2 is 2.67 bits per heavy atom. The summed E-state index contributed by atoms with van der Waals surface area (Å²) < 4.78 is 1.13. The van der Waals surface area contributed by atoms with Gasteiger partial charge in [-0.3, -0.25) is 0 Å². The fraction of sp³-hybridized carbons (Fsp3) is 0. The molecule has 0 amide bonds. The van der Waals surface area contributed by atoms with Gasteiger partial charge in [0.05, 0.1) is 0 Å². The van der Waals surface area contributed by atoms with E-state index in [2.05, 4.69) is 4.98 Å². The first-order valence-electron chi connectivity index (χ1n) is 1.42. The Kier molecular flexibility index (Phi) is 1.35. The summed E-state index contributed by atoms with van der Waals surface area (Å²) in [5.41, 5.74) is 0. The second-order valence-electron chi connectivity index (χ2n) is 0.766. The molecule has 0 saturated carbocycles. The molecule has 1 heterocycles. The summed E-state index contributed by atoms with van der Waals surface area (Å²) in [5.74, 6) is 0. The van der Waals surface area contributed by atoms with Gasteiger partial charge in [-0.25, -0.2) is 0 Å². The monoisotopic (exact) mass is 277 g/mol. The van der Waals surface area contributed by atoms with Crippen molar-refractivity contribution in [3.05, 3.63) is 11.6 Å². The first-order valence-corrected chi connectivity index (χ1v) is 3.50. The van der Waals surface area contributed by atoms with E-state index in [1.165, 1.54) is 0 Å². The van der Waals surface area contributed by atoms with Crippen LogP contribution in [0.15, 0.2) is 11.6 Å². The van der Waals surface area contributed by atoms with Crippen LogP contribution in [0.5, 0.6) is 0 Å². The standard InChI is InChI=1S/C3H2NS.Ir/c1-2-5-3-4-1;/h1-2H;. The molecular formula is C3H2IrNS. The summed E-state index contributed by atoms with van der Waals surface area (Å²) in [5, 5.41) is 1.97. The van der Waals surface area contributed by atoms with Crippen LogP contribution in [0.4, 0.5) is 0 Å². The first kappa shape index (κ1) is 4.44. The van der Waals surface area contributed by atoms with Gasteiger partial charge in [0.2, 0.25) is 0 Å². The Balaban J connectivity index is 3.05. The summed E-state index contributed by atoms with van der Waals surface area (Å²) in [6, 6.07) is 0. The molecule has 0 saturated heterocycles. The molecule has 1 aromatic heterocycles. The number of hydrogen-bond acceptors (Lipinski definition) is 2. The van der Waals surface area contributed by atoms with E-state index >= 15 is 0 Å². The molecule has 0 spiro atoms. The van der Waals surface area contributed by atoms with Crippen molar-refractivity contribution in [1.82, 2.24) is 4.98 Å². The molecule has 0 aliphatic rings. The molecule has 3 heteroatoms. The van der Waals surface area contributed by atoms with Crippen molar-refractivity contribution in [3.8, 4) is 0 Å². The van der Waals surface area contributed by atoms with Gasteiger partial charge in [-0.2, -0.15) is 0 Å². The van der Waals surface area contributed by atoms with Gasteiger partial charge in [-0.15, -0.1) is 0 Å². The summed E-state index contributed by atoms with van der Waals surface area (Å²) in [7, 11) is 0. The van der Waals surface area contributed by atoms with Gasteiger partial charge in [0.15, 0.2) is 0 Å². The van der Waals surface area contributed by atoms with Crippen molar-refractivity contribution in [2.75, 3.05) is 0 Å². The molecule has 0 N–H and O–H groups in total. The third-order valence-corrected chi connectivity index (χ3v) is 2.09. The molecule has 0 atom stereocenters. The molecule has 0 fully saturated rings. The molecule has 0 aliphatic heterocycles. The normalized spacial score (nSPS) is 9.00. The van der Waals surface area contributed by atoms with Crippen molar-refractivity contribution < 1.29 is 18.9 Å². The second-order valence-corrected chi connectivity index (χ2v) is 3.59. The van der Waals surface area contributed by atoms with Crippen LogP contribution < -0.4 is 3.52 Å². The van der Waals surface area contributed by atoms with E-state index in [0.29, 0.717) is 0 Å². The van der Waals surface area contributed by atoms with Gasteiger partial charge in [-0.1, -0.05) is 0 Å². The number of nitrogens with zero attached hydrogens (tertiary/aromatic N) is 1. The molecular weight excluding hydrogens is 274 g/mol. The first-order chi connectivity index (χ1) is 2.89. The van der Waals surface area contributed by atoms with Crippen molar-refractivity contribution >= 4 is 14.9 Å². The predicted molar refractivity (Wildman–Crippen MR) is 21.7 cm³/mol. The summed E-state index contributed by atoms with van der Waals surface area (Å²) in [6.07, 6.45) is 1.81. The molecule has 34 valence electrons. The Labute approximate surface area is 50.6 Å². The molecule has 1 rings (SSSR count). The van der Waals surface area contributed by atoms with Crippen molar-refractivity contribution in [2.45, 2.75) is 0 Å². The van der Waals surface area contributed by atoms with Crippen LogP contribution in [0.25, 0.3) is 0 Å². The number of aromatic nitrogens is 1. The van der Waals surface area contributed by atoms with Crippen LogP contribution in [0, 0.1) is 0 Å². The third kappa shape index (κ3) is 0.868. The van der Waals surface area contributed by atoms with Crippen molar-refractivity contribution in [3.63, 3.8) is 0 Å². The van der Waals surface area contributed by atoms with Crippen LogP contribution in [-0.4, -0.2) is 4.98 Å². The summed E-state index contributed by atoms with van der Waals surface area (Å²) >= 11 is 3.66. The average Bonchev–Trinajstić information content (AvgIpc) is 1.86. The summed E-state index contributed by atoms with van der Waals surface area (Å²) in [6.45, 7) is 0. The second kappa shape index (κ2) is 1.82. The Hall–Kier alpha value is 0.279. The van der Waals surface area contributed by atoms with Gasteiger partial charge in [-0.05, 0) is 0 Å². The number of thiazole rings is 1. The zero-order valence-electron chi connectivity index (χ0n) is 2.84. The Morgan fingerprint density at radius 3 is 2.83 bits per heavy atom. The van der Waals surface area contributed by atoms with Crippen LogP contribution >= 0.6 is 11.3 Å². The van der Waals surface area contributed by atoms with Crippen LogP contribution in [-0.2, 0) is 18.9 Å². The number of rotatable bonds is 0. The van der Waals surface area contributed by atoms with Gasteiger partial charge < -0.3 is 0 Å². The molecule has 0 unspecified atom stereocenters. The van der Waals surface area contributed by atoms with Gasteiger partial charge in [0, 0.05) is 0 Å². The van der Waals surface area contributed by atoms with Gasteiger partial charge in [0.25, 0.3) is 0 Å². The van der Waals surface area contributed by atoms with E-state index in [1.54, 1.807) is 17.5 Å². The average molecular weight is 276 g/mol. The maximum atomic E-state index is 3.94. The zero-order valence-corrected chi connectivity index (χ0v) is 6.06. The molecule has 0 bridgehead atoms. The van der Waals surface area contributed by atoms with E-state index in [1.807, 2.05) is 24.3 Å². The minimum absolute atomic E-state index is 1.13. The van der Waals surface area contributed by atoms with Gasteiger partial charge >= 0.3 is 50.3 Å². The molecule has 1 aromatic rings. The molecule has 6 heavy (non-hydrogen) atoms. The Morgan fingerprint density at radius 1 is 1.83 bits per heavy atom. The zero-order chi connectivity index (χ0) is 4.41. The maximum absolute atomic E-state index is 3.94. The van der Waals surface area contributed by atoms with E-state index in [-0.39, 0.29) is 0 Å². The predicted octanol–water partition coefficient (Wildman–Crippen LogP) is 0.315. The summed E-state index contributed by atoms with van der Waals surface area (Å²) in [4.78, 5) is 3.94. The molecule has 0 aromatic carbocycles. The minimum atomic E-state index is 1.13. The van der Waals surface area contributed by atoms with Crippen molar-refractivity contribution in [1.29, 1.82) is 0 Å². The van der Waals surface area contributed by atoms with Crippen LogP contribution in [0.1, 0.15) is 0 Å². The van der Waals surface area contributed by atoms with E-state index in [0.717, 1.165) is 3.52 Å². The number of hydrogen-bond donors (Lipinski definition) is 0. The SMILES string of the molecule is [Ir][c]1nccs1. The molecule has 0 radical (unpaired) electrons. The van der Waals surface area contributed by atoms with Crippen LogP contribution in [0.3, 0.4) is 0 Å². The van der Waals surface area contributed by atoms with E-state index < -0.39 is 0 Å². The topological polar surface area (TPSA) is 12.9 Å². The molecule has 0 aliphatic carbocycles. The van der Waals surface area contributed by atoms with Gasteiger partial charge in [0.1, 0.15) is 0 Å². The fourth-order valence-electron chi connectivity index (χ4n) is 0.200. The van der Waals surface area contributed by atoms with Crippen molar-refractivity contribution in [2.24, 2.45) is 0 Å². The Bertz CT molecular complexity index is 114. The van der Waals surface area contributed by atoms with E-state index in [4.69, 9.17) is 0 Å². The van der Waals surface area contributed by atoms with E-state index in [9.17, 15) is 0 Å². The molecule has 1 nitrogen and oxygen atoms in total. The quantitative estimate of drug-likeness (QED) is 0.665.